The molecule has 2 rings (SSSR count). The Morgan fingerprint density at radius 3 is 2.32 bits per heavy atom. The van der Waals surface area contributed by atoms with E-state index >= 15 is 0 Å². The highest BCUT2D eigenvalue weighted by Crippen LogP contribution is 2.20. The Kier molecular flexibility index (Phi) is 4.80. The summed E-state index contributed by atoms with van der Waals surface area (Å²) in [4.78, 5) is 0. The first-order valence-corrected chi connectivity index (χ1v) is 6.95. The number of hydrogen-bond acceptors (Lipinski definition) is 2. The van der Waals surface area contributed by atoms with Crippen molar-refractivity contribution in [1.29, 1.82) is 0 Å². The number of alkyl halides is 1. The molecule has 2 aromatic carbocycles. The molecule has 0 spiro atoms. The van der Waals surface area contributed by atoms with Gasteiger partial charge < -0.3 is 9.47 Å². The zero-order valence-corrected chi connectivity index (χ0v) is 12.1. The Labute approximate surface area is 120 Å². The van der Waals surface area contributed by atoms with Crippen LogP contribution in [-0.4, -0.2) is 7.11 Å². The molecule has 0 N–H and O–H groups in total. The molecule has 0 fully saturated rings. The molecule has 4 heteroatoms. The van der Waals surface area contributed by atoms with Gasteiger partial charge in [-0.05, 0) is 35.4 Å². The summed E-state index contributed by atoms with van der Waals surface area (Å²) in [6.45, 7) is 0.328. The van der Waals surface area contributed by atoms with E-state index in [4.69, 9.17) is 9.47 Å². The molecule has 0 radical (unpaired) electrons. The van der Waals surface area contributed by atoms with Crippen molar-refractivity contribution < 1.29 is 13.9 Å². The van der Waals surface area contributed by atoms with Gasteiger partial charge in [-0.25, -0.2) is 4.39 Å². The van der Waals surface area contributed by atoms with Crippen molar-refractivity contribution in [3.05, 3.63) is 59.4 Å². The van der Waals surface area contributed by atoms with E-state index in [2.05, 4.69) is 15.9 Å². The Bertz CT molecular complexity index is 540. The molecule has 0 aliphatic rings. The summed E-state index contributed by atoms with van der Waals surface area (Å²) in [6.07, 6.45) is 0. The van der Waals surface area contributed by atoms with E-state index in [1.165, 1.54) is 18.7 Å². The van der Waals surface area contributed by atoms with E-state index in [9.17, 15) is 4.39 Å². The van der Waals surface area contributed by atoms with Crippen LogP contribution in [0.5, 0.6) is 11.5 Å². The second kappa shape index (κ2) is 6.57. The standard InChI is InChI=1S/C15H14BrFO2/c1-18-15-7-4-12(8-14(15)17)10-19-13-5-2-11(9-16)3-6-13/h2-8H,9-10H2,1H3. The predicted octanol–water partition coefficient (Wildman–Crippen LogP) is 4.31. The third-order valence-electron chi connectivity index (χ3n) is 2.70. The number of rotatable bonds is 5. The van der Waals surface area contributed by atoms with Gasteiger partial charge in [0.15, 0.2) is 11.6 Å². The summed E-state index contributed by atoms with van der Waals surface area (Å²) in [5.74, 6) is 0.629. The van der Waals surface area contributed by atoms with Gasteiger partial charge in [0.1, 0.15) is 12.4 Å². The molecular formula is C15H14BrFO2. The molecule has 0 saturated carbocycles. The van der Waals surface area contributed by atoms with Crippen LogP contribution in [-0.2, 0) is 11.9 Å². The van der Waals surface area contributed by atoms with E-state index in [1.54, 1.807) is 12.1 Å². The van der Waals surface area contributed by atoms with Crippen molar-refractivity contribution in [3.63, 3.8) is 0 Å². The van der Waals surface area contributed by atoms with Crippen LogP contribution in [0.3, 0.4) is 0 Å². The van der Waals surface area contributed by atoms with E-state index in [-0.39, 0.29) is 11.6 Å². The van der Waals surface area contributed by atoms with Crippen LogP contribution in [0.2, 0.25) is 0 Å². The first-order valence-electron chi connectivity index (χ1n) is 5.83. The molecule has 0 atom stereocenters. The molecule has 0 heterocycles. The van der Waals surface area contributed by atoms with Crippen LogP contribution in [0, 0.1) is 5.82 Å². The molecule has 2 aromatic rings. The summed E-state index contributed by atoms with van der Waals surface area (Å²) in [5, 5.41) is 0.816. The topological polar surface area (TPSA) is 18.5 Å². The third-order valence-corrected chi connectivity index (χ3v) is 3.35. The fourth-order valence-corrected chi connectivity index (χ4v) is 2.01. The lowest BCUT2D eigenvalue weighted by atomic mass is 10.2. The summed E-state index contributed by atoms with van der Waals surface area (Å²) in [6, 6.07) is 12.6. The van der Waals surface area contributed by atoms with Gasteiger partial charge in [-0.2, -0.15) is 0 Å². The number of hydrogen-bond donors (Lipinski definition) is 0. The Morgan fingerprint density at radius 1 is 1.05 bits per heavy atom. The average Bonchev–Trinajstić information content (AvgIpc) is 2.46. The molecule has 0 unspecified atom stereocenters. The largest absolute Gasteiger partial charge is 0.494 e. The van der Waals surface area contributed by atoms with Gasteiger partial charge in [-0.1, -0.05) is 34.1 Å². The Balaban J connectivity index is 1.99. The SMILES string of the molecule is COc1ccc(COc2ccc(CBr)cc2)cc1F. The maximum atomic E-state index is 13.5. The molecule has 100 valence electrons. The Hall–Kier alpha value is -1.55. The van der Waals surface area contributed by atoms with Crippen molar-refractivity contribution in [3.8, 4) is 11.5 Å². The van der Waals surface area contributed by atoms with E-state index in [1.807, 2.05) is 24.3 Å². The quantitative estimate of drug-likeness (QED) is 0.763. The second-order valence-corrected chi connectivity index (χ2v) is 4.60. The molecule has 19 heavy (non-hydrogen) atoms. The fourth-order valence-electron chi connectivity index (χ4n) is 1.64. The van der Waals surface area contributed by atoms with Crippen LogP contribution in [0.25, 0.3) is 0 Å². The molecule has 0 bridgehead atoms. The number of methoxy groups -OCH3 is 1. The predicted molar refractivity (Wildman–Crippen MR) is 76.4 cm³/mol. The molecule has 0 aromatic heterocycles. The lowest BCUT2D eigenvalue weighted by molar-refractivity contribution is 0.304. The number of benzene rings is 2. The van der Waals surface area contributed by atoms with Gasteiger partial charge in [0, 0.05) is 5.33 Å². The van der Waals surface area contributed by atoms with Gasteiger partial charge in [0.2, 0.25) is 0 Å². The average molecular weight is 325 g/mol. The summed E-state index contributed by atoms with van der Waals surface area (Å²) in [7, 11) is 1.44. The van der Waals surface area contributed by atoms with Crippen molar-refractivity contribution in [1.82, 2.24) is 0 Å². The minimum absolute atomic E-state index is 0.241. The Morgan fingerprint density at radius 2 is 1.74 bits per heavy atom. The second-order valence-electron chi connectivity index (χ2n) is 4.04. The fraction of sp³-hybridized carbons (Fsp3) is 0.200. The lowest BCUT2D eigenvalue weighted by Gasteiger charge is -2.08. The molecule has 0 aliphatic carbocycles. The summed E-state index contributed by atoms with van der Waals surface area (Å²) < 4.78 is 24.0. The van der Waals surface area contributed by atoms with Crippen molar-refractivity contribution in [2.75, 3.05) is 7.11 Å². The van der Waals surface area contributed by atoms with Gasteiger partial charge in [0.25, 0.3) is 0 Å². The zero-order chi connectivity index (χ0) is 13.7. The van der Waals surface area contributed by atoms with Gasteiger partial charge in [-0.3, -0.25) is 0 Å². The highest BCUT2D eigenvalue weighted by atomic mass is 79.9. The molecule has 2 nitrogen and oxygen atoms in total. The van der Waals surface area contributed by atoms with Crippen LogP contribution < -0.4 is 9.47 Å². The van der Waals surface area contributed by atoms with Gasteiger partial charge in [-0.15, -0.1) is 0 Å². The normalized spacial score (nSPS) is 10.3. The lowest BCUT2D eigenvalue weighted by Crippen LogP contribution is -1.97. The van der Waals surface area contributed by atoms with Crippen molar-refractivity contribution in [2.45, 2.75) is 11.9 Å². The van der Waals surface area contributed by atoms with E-state index in [0.717, 1.165) is 16.6 Å². The smallest absolute Gasteiger partial charge is 0.165 e. The molecule has 0 aliphatic heterocycles. The van der Waals surface area contributed by atoms with Crippen LogP contribution >= 0.6 is 15.9 Å². The highest BCUT2D eigenvalue weighted by Gasteiger charge is 2.04. The minimum Gasteiger partial charge on any atom is -0.494 e. The monoisotopic (exact) mass is 324 g/mol. The highest BCUT2D eigenvalue weighted by molar-refractivity contribution is 9.08. The number of ether oxygens (including phenoxy) is 2. The van der Waals surface area contributed by atoms with Crippen molar-refractivity contribution in [2.24, 2.45) is 0 Å². The maximum Gasteiger partial charge on any atom is 0.165 e. The van der Waals surface area contributed by atoms with Crippen LogP contribution in [0.15, 0.2) is 42.5 Å². The minimum atomic E-state index is -0.377. The van der Waals surface area contributed by atoms with Crippen molar-refractivity contribution >= 4 is 15.9 Å². The first kappa shape index (κ1) is 13.9. The van der Waals surface area contributed by atoms with Crippen LogP contribution in [0.4, 0.5) is 4.39 Å². The first-order chi connectivity index (χ1) is 9.22. The molecule has 0 amide bonds. The van der Waals surface area contributed by atoms with E-state index < -0.39 is 0 Å². The number of halogens is 2. The molecular weight excluding hydrogens is 311 g/mol. The third kappa shape index (κ3) is 3.70. The molecule has 0 saturated heterocycles. The summed E-state index contributed by atoms with van der Waals surface area (Å²) in [5.41, 5.74) is 1.95. The maximum absolute atomic E-state index is 13.5. The van der Waals surface area contributed by atoms with Gasteiger partial charge in [0.05, 0.1) is 7.11 Å². The summed E-state index contributed by atoms with van der Waals surface area (Å²) >= 11 is 3.38. The van der Waals surface area contributed by atoms with Crippen LogP contribution in [0.1, 0.15) is 11.1 Å². The zero-order valence-electron chi connectivity index (χ0n) is 10.5. The van der Waals surface area contributed by atoms with E-state index in [0.29, 0.717) is 6.61 Å². The van der Waals surface area contributed by atoms with Gasteiger partial charge >= 0.3 is 0 Å².